The number of nitrogens with zero attached hydrogens (tertiary/aromatic N) is 2. The van der Waals surface area contributed by atoms with E-state index in [2.05, 4.69) is 5.43 Å². The topological polar surface area (TPSA) is 69.7 Å². The van der Waals surface area contributed by atoms with Crippen molar-refractivity contribution < 1.29 is 18.8 Å². The molecule has 0 radical (unpaired) electrons. The normalized spacial score (nSPS) is 21.8. The number of hydrogen-bond acceptors (Lipinski definition) is 4. The molecule has 0 saturated carbocycles. The van der Waals surface area contributed by atoms with Crippen LogP contribution in [-0.2, 0) is 9.59 Å². The first-order valence-electron chi connectivity index (χ1n) is 11.1. The monoisotopic (exact) mass is 457 g/mol. The number of carbonyl (C=O) groups is 3. The first-order chi connectivity index (χ1) is 16.3. The van der Waals surface area contributed by atoms with Crippen molar-refractivity contribution in [2.75, 3.05) is 4.90 Å². The number of benzene rings is 3. The predicted octanol–water partition coefficient (Wildman–Crippen LogP) is 4.01. The maximum Gasteiger partial charge on any atom is 0.268 e. The molecule has 2 saturated heterocycles. The van der Waals surface area contributed by atoms with Crippen molar-refractivity contribution in [3.63, 3.8) is 0 Å². The van der Waals surface area contributed by atoms with Gasteiger partial charge < -0.3 is 0 Å². The molecule has 3 aromatic rings. The van der Waals surface area contributed by atoms with Gasteiger partial charge in [0.1, 0.15) is 11.9 Å². The van der Waals surface area contributed by atoms with Gasteiger partial charge in [0, 0.05) is 11.1 Å². The molecule has 2 aliphatic heterocycles. The lowest BCUT2D eigenvalue weighted by Crippen LogP contribution is -2.48. The van der Waals surface area contributed by atoms with Gasteiger partial charge in [0.25, 0.3) is 11.8 Å². The van der Waals surface area contributed by atoms with Gasteiger partial charge in [-0.15, -0.1) is 0 Å². The second kappa shape index (κ2) is 8.18. The van der Waals surface area contributed by atoms with E-state index in [1.807, 2.05) is 26.8 Å². The Labute approximate surface area is 197 Å². The van der Waals surface area contributed by atoms with Crippen molar-refractivity contribution in [2.45, 2.75) is 32.9 Å². The highest BCUT2D eigenvalue weighted by molar-refractivity contribution is 6.25. The molecule has 3 aromatic carbocycles. The number of hydrazine groups is 1. The van der Waals surface area contributed by atoms with Crippen LogP contribution in [-0.4, -0.2) is 28.8 Å². The number of fused-ring (bicyclic) bond motifs is 1. The molecule has 6 nitrogen and oxygen atoms in total. The lowest BCUT2D eigenvalue weighted by Gasteiger charge is -2.25. The first kappa shape index (κ1) is 22.0. The van der Waals surface area contributed by atoms with Gasteiger partial charge in [-0.05, 0) is 62.2 Å². The summed E-state index contributed by atoms with van der Waals surface area (Å²) < 4.78 is 14.8. The third-order valence-electron chi connectivity index (χ3n) is 6.74. The molecule has 7 heteroatoms. The quantitative estimate of drug-likeness (QED) is 0.604. The summed E-state index contributed by atoms with van der Waals surface area (Å²) in [4.78, 5) is 41.9. The van der Waals surface area contributed by atoms with E-state index >= 15 is 0 Å². The first-order valence-corrected chi connectivity index (χ1v) is 11.1. The van der Waals surface area contributed by atoms with E-state index < -0.39 is 41.5 Å². The minimum absolute atomic E-state index is 0.236. The van der Waals surface area contributed by atoms with Crippen LogP contribution in [0.15, 0.2) is 66.7 Å². The number of aryl methyl sites for hydroxylation is 3. The Kier molecular flexibility index (Phi) is 5.29. The molecule has 2 aliphatic rings. The van der Waals surface area contributed by atoms with Crippen molar-refractivity contribution in [1.29, 1.82) is 0 Å². The average Bonchev–Trinajstić information content (AvgIpc) is 3.33. The molecule has 172 valence electrons. The maximum atomic E-state index is 14.8. The summed E-state index contributed by atoms with van der Waals surface area (Å²) in [5, 5.41) is 1.20. The number of halogens is 1. The largest absolute Gasteiger partial charge is 0.274 e. The van der Waals surface area contributed by atoms with Gasteiger partial charge >= 0.3 is 0 Å². The van der Waals surface area contributed by atoms with Crippen molar-refractivity contribution in [3.05, 3.63) is 100 Å². The standard InChI is InChI=1S/C27H24FN3O3/c1-15-8-11-18(12-9-15)25(32)31-24-22(23(29-31)20-6-4-5-7-21(20)28)26(33)30(27(24)34)19-13-10-16(2)17(3)14-19/h4-14,22-24,29H,1-3H3. The fourth-order valence-corrected chi connectivity index (χ4v) is 4.71. The molecule has 1 N–H and O–H groups in total. The van der Waals surface area contributed by atoms with Gasteiger partial charge in [0.2, 0.25) is 5.91 Å². The summed E-state index contributed by atoms with van der Waals surface area (Å²) in [7, 11) is 0. The fourth-order valence-electron chi connectivity index (χ4n) is 4.71. The zero-order valence-electron chi connectivity index (χ0n) is 19.1. The number of rotatable bonds is 3. The lowest BCUT2D eigenvalue weighted by molar-refractivity contribution is -0.123. The number of nitrogens with one attached hydrogen (secondary N) is 1. The van der Waals surface area contributed by atoms with Crippen LogP contribution in [0, 0.1) is 32.5 Å². The van der Waals surface area contributed by atoms with Crippen LogP contribution < -0.4 is 10.3 Å². The highest BCUT2D eigenvalue weighted by Crippen LogP contribution is 2.43. The smallest absolute Gasteiger partial charge is 0.268 e. The summed E-state index contributed by atoms with van der Waals surface area (Å²) in [5.41, 5.74) is 7.00. The van der Waals surface area contributed by atoms with Crippen LogP contribution in [0.1, 0.15) is 38.7 Å². The molecular weight excluding hydrogens is 433 g/mol. The number of amides is 3. The molecule has 0 bridgehead atoms. The van der Waals surface area contributed by atoms with Crippen molar-refractivity contribution in [1.82, 2.24) is 10.4 Å². The minimum Gasteiger partial charge on any atom is -0.274 e. The molecular formula is C27H24FN3O3. The Morgan fingerprint density at radius 2 is 1.59 bits per heavy atom. The van der Waals surface area contributed by atoms with Crippen LogP contribution in [0.4, 0.5) is 10.1 Å². The number of carbonyl (C=O) groups excluding carboxylic acids is 3. The molecule has 2 heterocycles. The Morgan fingerprint density at radius 1 is 0.882 bits per heavy atom. The molecule has 0 aromatic heterocycles. The van der Waals surface area contributed by atoms with E-state index in [1.54, 1.807) is 54.6 Å². The molecule has 3 unspecified atom stereocenters. The van der Waals surface area contributed by atoms with Gasteiger partial charge in [-0.2, -0.15) is 0 Å². The Bertz CT molecular complexity index is 1320. The van der Waals surface area contributed by atoms with Crippen molar-refractivity contribution in [3.8, 4) is 0 Å². The maximum absolute atomic E-state index is 14.8. The fraction of sp³-hybridized carbons (Fsp3) is 0.222. The zero-order chi connectivity index (χ0) is 24.1. The van der Waals surface area contributed by atoms with Crippen LogP contribution >= 0.6 is 0 Å². The molecule has 2 fully saturated rings. The van der Waals surface area contributed by atoms with Gasteiger partial charge in [0.05, 0.1) is 17.6 Å². The van der Waals surface area contributed by atoms with E-state index in [0.29, 0.717) is 11.3 Å². The highest BCUT2D eigenvalue weighted by atomic mass is 19.1. The lowest BCUT2D eigenvalue weighted by atomic mass is 9.90. The SMILES string of the molecule is Cc1ccc(C(=O)N2NC(c3ccccc3F)C3C(=O)N(c4ccc(C)c(C)c4)C(=O)C32)cc1. The van der Waals surface area contributed by atoms with Gasteiger partial charge in [-0.3, -0.25) is 19.4 Å². The molecule has 5 rings (SSSR count). The Hall–Kier alpha value is -3.84. The van der Waals surface area contributed by atoms with Crippen LogP contribution in [0.25, 0.3) is 0 Å². The second-order valence-electron chi connectivity index (χ2n) is 8.92. The third kappa shape index (κ3) is 3.40. The Morgan fingerprint density at radius 3 is 2.26 bits per heavy atom. The van der Waals surface area contributed by atoms with Crippen LogP contribution in [0.2, 0.25) is 0 Å². The minimum atomic E-state index is -1.09. The van der Waals surface area contributed by atoms with Crippen molar-refractivity contribution >= 4 is 23.4 Å². The van der Waals surface area contributed by atoms with Crippen LogP contribution in [0.3, 0.4) is 0 Å². The number of anilines is 1. The summed E-state index contributed by atoms with van der Waals surface area (Å²) >= 11 is 0. The Balaban J connectivity index is 1.60. The van der Waals surface area contributed by atoms with E-state index in [-0.39, 0.29) is 5.56 Å². The predicted molar refractivity (Wildman–Crippen MR) is 125 cm³/mol. The van der Waals surface area contributed by atoms with Crippen LogP contribution in [0.5, 0.6) is 0 Å². The summed E-state index contributed by atoms with van der Waals surface area (Å²) in [5.74, 6) is -2.88. The van der Waals surface area contributed by atoms with E-state index in [0.717, 1.165) is 21.6 Å². The van der Waals surface area contributed by atoms with Gasteiger partial charge in [-0.25, -0.2) is 14.7 Å². The van der Waals surface area contributed by atoms with Gasteiger partial charge in [0.15, 0.2) is 0 Å². The molecule has 3 atom stereocenters. The van der Waals surface area contributed by atoms with Crippen molar-refractivity contribution in [2.24, 2.45) is 5.92 Å². The molecule has 0 aliphatic carbocycles. The zero-order valence-corrected chi connectivity index (χ0v) is 19.1. The molecule has 3 amide bonds. The number of hydrogen-bond donors (Lipinski definition) is 1. The summed E-state index contributed by atoms with van der Waals surface area (Å²) in [6.45, 7) is 5.76. The second-order valence-corrected chi connectivity index (χ2v) is 8.92. The molecule has 0 spiro atoms. The molecule has 34 heavy (non-hydrogen) atoms. The van der Waals surface area contributed by atoms with E-state index in [1.165, 1.54) is 11.1 Å². The average molecular weight is 458 g/mol. The number of imide groups is 1. The van der Waals surface area contributed by atoms with E-state index in [9.17, 15) is 18.8 Å². The third-order valence-corrected chi connectivity index (χ3v) is 6.74. The van der Waals surface area contributed by atoms with Gasteiger partial charge in [-0.1, -0.05) is 42.0 Å². The summed E-state index contributed by atoms with van der Waals surface area (Å²) in [6.07, 6.45) is 0. The highest BCUT2D eigenvalue weighted by Gasteiger charge is 2.60. The van der Waals surface area contributed by atoms with E-state index in [4.69, 9.17) is 0 Å². The summed E-state index contributed by atoms with van der Waals surface area (Å²) in [6, 6.07) is 16.4.